The zero-order valence-electron chi connectivity index (χ0n) is 6.34. The van der Waals surface area contributed by atoms with E-state index in [0.29, 0.717) is 16.9 Å². The zero-order valence-corrected chi connectivity index (χ0v) is 7.09. The summed E-state index contributed by atoms with van der Waals surface area (Å²) in [5.41, 5.74) is 0.625. The van der Waals surface area contributed by atoms with Gasteiger partial charge in [-0.15, -0.1) is 0 Å². The van der Waals surface area contributed by atoms with Crippen LogP contribution in [0.4, 0.5) is 4.39 Å². The van der Waals surface area contributed by atoms with E-state index in [2.05, 4.69) is 0 Å². The number of halogens is 2. The molecule has 0 heterocycles. The standard InChI is InChI=1S/C9H8ClFO/c10-9-3-1-2-7(4-9)8(5-11)6-12/h1-4,6,8H,5H2. The van der Waals surface area contributed by atoms with Gasteiger partial charge in [0.2, 0.25) is 0 Å². The van der Waals surface area contributed by atoms with E-state index in [4.69, 9.17) is 11.6 Å². The SMILES string of the molecule is O=CC(CF)c1cccc(Cl)c1. The molecule has 1 aromatic rings. The maximum Gasteiger partial charge on any atom is 0.130 e. The molecule has 0 radical (unpaired) electrons. The highest BCUT2D eigenvalue weighted by Crippen LogP contribution is 2.18. The van der Waals surface area contributed by atoms with Crippen molar-refractivity contribution in [3.8, 4) is 0 Å². The molecule has 1 nitrogen and oxygen atoms in total. The summed E-state index contributed by atoms with van der Waals surface area (Å²) in [6.07, 6.45) is 0.589. The molecule has 1 atom stereocenters. The summed E-state index contributed by atoms with van der Waals surface area (Å²) in [5.74, 6) is -0.677. The molecule has 0 spiro atoms. The first-order chi connectivity index (χ1) is 5.77. The van der Waals surface area contributed by atoms with E-state index in [-0.39, 0.29) is 0 Å². The van der Waals surface area contributed by atoms with Crippen molar-refractivity contribution in [2.75, 3.05) is 6.67 Å². The van der Waals surface area contributed by atoms with Gasteiger partial charge in [0.15, 0.2) is 0 Å². The first kappa shape index (κ1) is 9.20. The average molecular weight is 187 g/mol. The number of carbonyl (C=O) groups is 1. The summed E-state index contributed by atoms with van der Waals surface area (Å²) in [5, 5.41) is 0.521. The minimum atomic E-state index is -0.677. The molecule has 0 aliphatic carbocycles. The summed E-state index contributed by atoms with van der Waals surface area (Å²) < 4.78 is 12.2. The highest BCUT2D eigenvalue weighted by atomic mass is 35.5. The zero-order chi connectivity index (χ0) is 8.97. The molecule has 0 saturated carbocycles. The van der Waals surface area contributed by atoms with E-state index < -0.39 is 12.6 Å². The van der Waals surface area contributed by atoms with Crippen molar-refractivity contribution in [3.05, 3.63) is 34.9 Å². The van der Waals surface area contributed by atoms with Gasteiger partial charge < -0.3 is 4.79 Å². The lowest BCUT2D eigenvalue weighted by Crippen LogP contribution is -2.01. The number of rotatable bonds is 3. The Morgan fingerprint density at radius 1 is 1.58 bits per heavy atom. The molecule has 0 fully saturated rings. The van der Waals surface area contributed by atoms with Gasteiger partial charge in [0.25, 0.3) is 0 Å². The third-order valence-electron chi connectivity index (χ3n) is 1.61. The van der Waals surface area contributed by atoms with Crippen LogP contribution in [0.25, 0.3) is 0 Å². The average Bonchev–Trinajstić information content (AvgIpc) is 2.07. The van der Waals surface area contributed by atoms with Crippen LogP contribution < -0.4 is 0 Å². The minimum absolute atomic E-state index is 0.521. The second-order valence-corrected chi connectivity index (χ2v) is 2.89. The van der Waals surface area contributed by atoms with Gasteiger partial charge in [0.1, 0.15) is 13.0 Å². The first-order valence-electron chi connectivity index (χ1n) is 3.54. The van der Waals surface area contributed by atoms with Crippen LogP contribution >= 0.6 is 11.6 Å². The molecule has 12 heavy (non-hydrogen) atoms. The summed E-state index contributed by atoms with van der Waals surface area (Å²) in [7, 11) is 0. The van der Waals surface area contributed by atoms with Gasteiger partial charge in [0.05, 0.1) is 5.92 Å². The fourth-order valence-corrected chi connectivity index (χ4v) is 1.14. The topological polar surface area (TPSA) is 17.1 Å². The van der Waals surface area contributed by atoms with E-state index in [0.717, 1.165) is 0 Å². The van der Waals surface area contributed by atoms with Crippen molar-refractivity contribution in [3.63, 3.8) is 0 Å². The maximum atomic E-state index is 12.2. The van der Waals surface area contributed by atoms with Gasteiger partial charge in [-0.1, -0.05) is 23.7 Å². The van der Waals surface area contributed by atoms with Crippen molar-refractivity contribution in [1.82, 2.24) is 0 Å². The highest BCUT2D eigenvalue weighted by Gasteiger charge is 2.09. The van der Waals surface area contributed by atoms with Crippen LogP contribution in [0, 0.1) is 0 Å². The van der Waals surface area contributed by atoms with Gasteiger partial charge in [0, 0.05) is 5.02 Å². The smallest absolute Gasteiger partial charge is 0.130 e. The van der Waals surface area contributed by atoms with E-state index >= 15 is 0 Å². The monoisotopic (exact) mass is 186 g/mol. The van der Waals surface area contributed by atoms with Gasteiger partial charge in [-0.2, -0.15) is 0 Å². The fraction of sp³-hybridized carbons (Fsp3) is 0.222. The third kappa shape index (κ3) is 2.05. The molecule has 1 unspecified atom stereocenters. The fourth-order valence-electron chi connectivity index (χ4n) is 0.941. The molecule has 3 heteroatoms. The Morgan fingerprint density at radius 3 is 2.83 bits per heavy atom. The van der Waals surface area contributed by atoms with Gasteiger partial charge in [-0.25, -0.2) is 4.39 Å². The summed E-state index contributed by atoms with van der Waals surface area (Å²) in [6, 6.07) is 6.67. The number of hydrogen-bond donors (Lipinski definition) is 0. The van der Waals surface area contributed by atoms with Crippen molar-refractivity contribution in [2.45, 2.75) is 5.92 Å². The van der Waals surface area contributed by atoms with Crippen molar-refractivity contribution < 1.29 is 9.18 Å². The quantitative estimate of drug-likeness (QED) is 0.664. The van der Waals surface area contributed by atoms with Gasteiger partial charge >= 0.3 is 0 Å². The van der Waals surface area contributed by atoms with Crippen molar-refractivity contribution in [2.24, 2.45) is 0 Å². The molecule has 0 aromatic heterocycles. The molecule has 0 amide bonds. The molecule has 0 saturated heterocycles. The van der Waals surface area contributed by atoms with Crippen LogP contribution in [0.2, 0.25) is 5.02 Å². The predicted molar refractivity (Wildman–Crippen MR) is 46.2 cm³/mol. The lowest BCUT2D eigenvalue weighted by Gasteiger charge is -2.04. The number of hydrogen-bond acceptors (Lipinski definition) is 1. The molecule has 64 valence electrons. The Hall–Kier alpha value is -0.890. The van der Waals surface area contributed by atoms with E-state index in [1.54, 1.807) is 24.3 Å². The lowest BCUT2D eigenvalue weighted by molar-refractivity contribution is -0.109. The molecule has 0 bridgehead atoms. The molecule has 0 N–H and O–H groups in total. The second-order valence-electron chi connectivity index (χ2n) is 2.45. The van der Waals surface area contributed by atoms with E-state index in [1.807, 2.05) is 0 Å². The van der Waals surface area contributed by atoms with Crippen LogP contribution in [0.3, 0.4) is 0 Å². The number of aldehydes is 1. The number of benzene rings is 1. The molecular formula is C9H8ClFO. The Kier molecular flexibility index (Phi) is 3.23. The molecule has 1 aromatic carbocycles. The molecule has 1 rings (SSSR count). The maximum absolute atomic E-state index is 12.2. The normalized spacial score (nSPS) is 12.5. The first-order valence-corrected chi connectivity index (χ1v) is 3.92. The summed E-state index contributed by atoms with van der Waals surface area (Å²) in [4.78, 5) is 10.4. The van der Waals surface area contributed by atoms with E-state index in [9.17, 15) is 9.18 Å². The number of alkyl halides is 1. The molecule has 0 aliphatic heterocycles. The second kappa shape index (κ2) is 4.21. The summed E-state index contributed by atoms with van der Waals surface area (Å²) >= 11 is 5.66. The number of carbonyl (C=O) groups excluding carboxylic acids is 1. The van der Waals surface area contributed by atoms with E-state index in [1.165, 1.54) is 0 Å². The minimum Gasteiger partial charge on any atom is -0.303 e. The highest BCUT2D eigenvalue weighted by molar-refractivity contribution is 6.30. The van der Waals surface area contributed by atoms with Crippen molar-refractivity contribution in [1.29, 1.82) is 0 Å². The Morgan fingerprint density at radius 2 is 2.33 bits per heavy atom. The Bertz CT molecular complexity index is 275. The van der Waals surface area contributed by atoms with Crippen LogP contribution in [0.1, 0.15) is 11.5 Å². The lowest BCUT2D eigenvalue weighted by atomic mass is 10.0. The van der Waals surface area contributed by atoms with Crippen LogP contribution in [-0.4, -0.2) is 13.0 Å². The predicted octanol–water partition coefficient (Wildman–Crippen LogP) is 2.59. The van der Waals surface area contributed by atoms with Gasteiger partial charge in [-0.3, -0.25) is 0 Å². The molecule has 0 aliphatic rings. The Balaban J connectivity index is 2.93. The molecular weight excluding hydrogens is 179 g/mol. The van der Waals surface area contributed by atoms with Crippen molar-refractivity contribution >= 4 is 17.9 Å². The van der Waals surface area contributed by atoms with Crippen LogP contribution in [0.15, 0.2) is 24.3 Å². The Labute approximate surface area is 75.2 Å². The van der Waals surface area contributed by atoms with Crippen LogP contribution in [0.5, 0.6) is 0 Å². The largest absolute Gasteiger partial charge is 0.303 e. The van der Waals surface area contributed by atoms with Gasteiger partial charge in [-0.05, 0) is 17.7 Å². The summed E-state index contributed by atoms with van der Waals surface area (Å²) in [6.45, 7) is -0.677. The van der Waals surface area contributed by atoms with Crippen LogP contribution in [-0.2, 0) is 4.79 Å². The third-order valence-corrected chi connectivity index (χ3v) is 1.84.